The van der Waals surface area contributed by atoms with Gasteiger partial charge in [-0.15, -0.1) is 0 Å². The zero-order valence-electron chi connectivity index (χ0n) is 39.8. The first-order valence-corrected chi connectivity index (χ1v) is 33.1. The van der Waals surface area contributed by atoms with Crippen molar-refractivity contribution < 1.29 is 119 Å². The minimum atomic E-state index is -10.7. The molecule has 0 fully saturated rings. The summed E-state index contributed by atoms with van der Waals surface area (Å²) in [4.78, 5) is 5.84. The minimum Gasteiger partial charge on any atom is -0.201 e. The molecule has 18 aliphatic heterocycles. The predicted molar refractivity (Wildman–Crippen MR) is 272 cm³/mol. The van der Waals surface area contributed by atoms with Gasteiger partial charge in [0.15, 0.2) is 75.8 Å². The number of nitrogens with zero attached hydrogens (tertiary/aromatic N) is 4. The molecule has 18 aliphatic rings. The monoisotopic (exact) mass is 1340 g/mol. The third-order valence-corrected chi connectivity index (χ3v) is 14.6. The van der Waals surface area contributed by atoms with Gasteiger partial charge < -0.3 is 4.98 Å². The van der Waals surface area contributed by atoms with Crippen LogP contribution >= 0.6 is 78.3 Å². The third-order valence-electron chi connectivity index (χ3n) is 9.39. The predicted octanol–water partition coefficient (Wildman–Crippen LogP) is 22.5. The number of fused-ring (bicyclic) bond motifs is 1. The Balaban J connectivity index is 0.000000236. The quantitative estimate of drug-likeness (QED) is 0.0931. The second kappa shape index (κ2) is 21.1. The topological polar surface area (TPSA) is 31.3 Å². The van der Waals surface area contributed by atoms with Crippen LogP contribution in [-0.2, 0) is 26.2 Å². The summed E-state index contributed by atoms with van der Waals surface area (Å²) in [5.41, 5.74) is 10.1. The Morgan fingerprint density at radius 2 is 0.469 bits per heavy atom. The molecule has 5 aromatic heterocycles. The molecule has 0 unspecified atom stereocenters. The number of rotatable bonds is 0. The van der Waals surface area contributed by atoms with Crippen molar-refractivity contribution in [2.75, 3.05) is 0 Å². The van der Waals surface area contributed by atoms with E-state index in [9.17, 15) is 101 Å². The van der Waals surface area contributed by atoms with Crippen molar-refractivity contribution in [3.63, 3.8) is 0 Å². The molecule has 25 rings (SSSR count). The summed E-state index contributed by atoms with van der Waals surface area (Å²) in [7, 11) is -42.6. The van der Waals surface area contributed by atoms with Crippen LogP contribution in [0.3, 0.4) is 0 Å². The van der Waals surface area contributed by atoms with Crippen molar-refractivity contribution in [1.82, 2.24) is 4.98 Å². The van der Waals surface area contributed by atoms with Crippen LogP contribution in [0.25, 0.3) is 22.3 Å². The number of hydrogen-bond donors (Lipinski definition) is 1. The Labute approximate surface area is 459 Å². The second-order valence-electron chi connectivity index (χ2n) is 17.0. The van der Waals surface area contributed by atoms with E-state index in [0.29, 0.717) is 0 Å². The van der Waals surface area contributed by atoms with E-state index in [-0.39, 0.29) is 0 Å². The summed E-state index contributed by atoms with van der Waals surface area (Å²) in [6, 6.07) is 35.5. The number of halogens is 24. The summed E-state index contributed by atoms with van der Waals surface area (Å²) in [5.74, 6) is 0. The van der Waals surface area contributed by atoms with E-state index < -0.39 is 31.2 Å². The van der Waals surface area contributed by atoms with E-state index in [1.165, 1.54) is 62.8 Å². The molecule has 5 nitrogen and oxygen atoms in total. The minimum absolute atomic E-state index is 0.854. The Morgan fingerprint density at radius 1 is 0.284 bits per heavy atom. The van der Waals surface area contributed by atoms with Crippen molar-refractivity contribution in [3.05, 3.63) is 201 Å². The third kappa shape index (κ3) is 34.4. The molecule has 0 spiro atoms. The van der Waals surface area contributed by atoms with Gasteiger partial charge in [-0.25, -0.2) is 18.3 Å². The zero-order valence-corrected chi connectivity index (χ0v) is 46.6. The number of benzene rings is 2. The Hall–Kier alpha value is -4.76. The smallest absolute Gasteiger partial charge is 0.173 e. The summed E-state index contributed by atoms with van der Waals surface area (Å²) in [6.45, 7) is 3.42. The Bertz CT molecular complexity index is 2930. The zero-order chi connectivity index (χ0) is 61.0. The van der Waals surface area contributed by atoms with Gasteiger partial charge in [-0.05, 0) is 33.1 Å². The van der Waals surface area contributed by atoms with Crippen LogP contribution in [-0.4, -0.2) is 4.98 Å². The molecular formula is C44H37F24N5P4S4. The van der Waals surface area contributed by atoms with Gasteiger partial charge in [-0.3, -0.25) is 0 Å². The van der Waals surface area contributed by atoms with Gasteiger partial charge in [0, 0.05) is 93.0 Å². The van der Waals surface area contributed by atoms with Crippen LogP contribution in [0.5, 0.6) is 0 Å². The van der Waals surface area contributed by atoms with Crippen molar-refractivity contribution >= 4 is 78.3 Å². The van der Waals surface area contributed by atoms with Gasteiger partial charge in [0.1, 0.15) is 0 Å². The maximum atomic E-state index is 9.87. The largest absolute Gasteiger partial charge is 0.201 e. The molecule has 1 N–H and O–H groups in total. The number of aromatic nitrogens is 5. The first-order valence-electron chi connectivity index (χ1n) is 21.6. The van der Waals surface area contributed by atoms with Crippen LogP contribution < -0.4 is 18.3 Å². The van der Waals surface area contributed by atoms with E-state index in [2.05, 4.69) is 193 Å². The van der Waals surface area contributed by atoms with Crippen LogP contribution in [0, 0.1) is 0 Å². The molecule has 81 heavy (non-hydrogen) atoms. The fourth-order valence-corrected chi connectivity index (χ4v) is 11.1. The van der Waals surface area contributed by atoms with Gasteiger partial charge >= 0.3 is 132 Å². The molecule has 37 heteroatoms. The van der Waals surface area contributed by atoms with Gasteiger partial charge in [0.2, 0.25) is 0 Å². The van der Waals surface area contributed by atoms with Crippen molar-refractivity contribution in [1.29, 1.82) is 0 Å². The van der Waals surface area contributed by atoms with Gasteiger partial charge in [-0.1, -0.05) is 95.6 Å². The average molecular weight is 1340 g/mol. The molecule has 0 aliphatic carbocycles. The first kappa shape index (κ1) is 67.0. The van der Waals surface area contributed by atoms with E-state index in [0.717, 1.165) is 26.2 Å². The molecule has 0 radical (unpaired) electrons. The van der Waals surface area contributed by atoms with Gasteiger partial charge in [0.05, 0.1) is 8.47 Å². The van der Waals surface area contributed by atoms with Gasteiger partial charge in [0.25, 0.3) is 0 Å². The summed E-state index contributed by atoms with van der Waals surface area (Å²) < 4.78 is 249. The average Bonchev–Trinajstić information content (AvgIpc) is 4.05. The molecule has 0 saturated heterocycles. The normalized spacial score (nSPS) is 17.4. The number of aromatic amines is 1. The maximum Gasteiger partial charge on any atom is 0.173 e. The number of nitrogens with one attached hydrogen (secondary N) is 1. The van der Waals surface area contributed by atoms with E-state index in [1.54, 1.807) is 0 Å². The molecule has 2 aromatic carbocycles. The molecule has 7 aromatic rings. The van der Waals surface area contributed by atoms with E-state index >= 15 is 0 Å². The molecule has 23 heterocycles. The summed E-state index contributed by atoms with van der Waals surface area (Å²) in [6.07, 6.45) is 21.5. The number of H-pyrrole nitrogens is 1. The Kier molecular flexibility index (Phi) is 17.4. The fraction of sp³-hybridized carbons (Fsp3) is 0.0909. The van der Waals surface area contributed by atoms with Crippen molar-refractivity contribution in [2.45, 2.75) is 36.0 Å². The molecule has 0 atom stereocenters. The maximum absolute atomic E-state index is 10.7. The number of hydrogen-bond acceptors (Lipinski definition) is 4. The van der Waals surface area contributed by atoms with E-state index in [1.807, 2.05) is 47.0 Å². The SMILES string of the molecule is C1=CSC(=C2Sc3c[nH]cc3S2)S1.F[P-](F)(F)(F)(F)F.F[P-](F)(F)(F)(F)F.F[P-](F)(F)(F)(F)F.F[P-](F)(F)(F)(F)F.c1cc2ccc1C[n+]1ccc(cc1)-c1cc[n+](cc1)Cc1ccc(cc1)C[n+]1ccc(cc1)-c1cc[n+](cc1)C2. The number of pyridine rings is 4. The molecule has 0 saturated carbocycles. The fourth-order valence-electron chi connectivity index (χ4n) is 6.47. The molecule has 0 amide bonds. The number of thioether (sulfide) groups is 4. The molecule has 12 bridgehead atoms. The van der Waals surface area contributed by atoms with Crippen molar-refractivity contribution in [3.8, 4) is 22.3 Å². The van der Waals surface area contributed by atoms with Crippen molar-refractivity contribution in [2.24, 2.45) is 0 Å². The Morgan fingerprint density at radius 3 is 0.654 bits per heavy atom. The van der Waals surface area contributed by atoms with Crippen LogP contribution in [0.2, 0.25) is 0 Å². The summed E-state index contributed by atoms with van der Waals surface area (Å²) in [5, 5.41) is 4.28. The first-order chi connectivity index (χ1) is 36.0. The van der Waals surface area contributed by atoms with Crippen LogP contribution in [0.15, 0.2) is 188 Å². The summed E-state index contributed by atoms with van der Waals surface area (Å²) >= 11 is 7.39. The molecule has 450 valence electrons. The second-order valence-corrected chi connectivity index (χ2v) is 29.1. The van der Waals surface area contributed by atoms with E-state index in [4.69, 9.17) is 0 Å². The van der Waals surface area contributed by atoms with Crippen LogP contribution in [0.1, 0.15) is 22.3 Å². The standard InChI is InChI=1S/C36H32N4.C8H5NS4.4F6P/c1-2-30-4-3-29(1)25-37-17-9-33(10-18-37)35-13-21-39(22-14-35)27-31-5-7-32(8-6-31)28-40-23-15-36(16-24-40)34-11-19-38(26-30)20-12-34;1-2-11-7(10-1)8-12-5-3-9-4-6(5)13-8;4*1-7(2,3,4,5)6/h1-24H,25-28H2;1-4,9H;;;;/q+4;;4*-1. The van der Waals surface area contributed by atoms with Gasteiger partial charge in [-0.2, -0.15) is 0 Å². The molecular weight excluding hydrogens is 1310 g/mol. The van der Waals surface area contributed by atoms with Crippen LogP contribution in [0.4, 0.5) is 101 Å².